The van der Waals surface area contributed by atoms with Crippen LogP contribution in [0.4, 0.5) is 5.82 Å². The van der Waals surface area contributed by atoms with E-state index in [1.807, 2.05) is 36.5 Å². The third-order valence-electron chi connectivity index (χ3n) is 5.15. The Morgan fingerprint density at radius 1 is 0.857 bits per heavy atom. The van der Waals surface area contributed by atoms with Gasteiger partial charge in [-0.25, -0.2) is 4.98 Å². The van der Waals surface area contributed by atoms with Gasteiger partial charge in [0.05, 0.1) is 6.42 Å². The number of nitrogens with zero attached hydrogens (tertiary/aromatic N) is 2. The second kappa shape index (κ2) is 8.70. The molecule has 1 N–H and O–H groups in total. The van der Waals surface area contributed by atoms with Gasteiger partial charge in [0.25, 0.3) is 0 Å². The number of hydrogen-bond donors (Lipinski definition) is 1. The van der Waals surface area contributed by atoms with Gasteiger partial charge in [-0.1, -0.05) is 60.7 Å². The largest absolute Gasteiger partial charge is 0.357 e. The zero-order valence-electron chi connectivity index (χ0n) is 16.0. The summed E-state index contributed by atoms with van der Waals surface area (Å²) in [5.74, 6) is 1.06. The van der Waals surface area contributed by atoms with Crippen LogP contribution in [0, 0.1) is 0 Å². The van der Waals surface area contributed by atoms with Gasteiger partial charge in [-0.2, -0.15) is 0 Å². The molecule has 2 aromatic carbocycles. The summed E-state index contributed by atoms with van der Waals surface area (Å²) in [5.41, 5.74) is 4.38. The fourth-order valence-electron chi connectivity index (χ4n) is 3.55. The van der Waals surface area contributed by atoms with Crippen LogP contribution in [0.5, 0.6) is 0 Å². The SMILES string of the molecule is O=C(Cc1ccc(-c2ccccc2)cc1)NCc1ccc(N2CCCC2)nc1. The van der Waals surface area contributed by atoms with Crippen LogP contribution in [-0.2, 0) is 17.8 Å². The van der Waals surface area contributed by atoms with Gasteiger partial charge in [0.15, 0.2) is 0 Å². The van der Waals surface area contributed by atoms with E-state index < -0.39 is 0 Å². The van der Waals surface area contributed by atoms with Crippen LogP contribution in [0.1, 0.15) is 24.0 Å². The molecule has 1 saturated heterocycles. The van der Waals surface area contributed by atoms with E-state index >= 15 is 0 Å². The van der Waals surface area contributed by atoms with Crippen molar-refractivity contribution in [1.29, 1.82) is 0 Å². The molecule has 142 valence electrons. The van der Waals surface area contributed by atoms with E-state index in [0.717, 1.165) is 35.6 Å². The van der Waals surface area contributed by atoms with Gasteiger partial charge in [0, 0.05) is 25.8 Å². The molecule has 0 saturated carbocycles. The molecular formula is C24H25N3O. The highest BCUT2D eigenvalue weighted by atomic mass is 16.1. The predicted octanol–water partition coefficient (Wildman–Crippen LogP) is 4.21. The Labute approximate surface area is 166 Å². The van der Waals surface area contributed by atoms with Crippen LogP contribution >= 0.6 is 0 Å². The topological polar surface area (TPSA) is 45.2 Å². The fraction of sp³-hybridized carbons (Fsp3) is 0.250. The molecule has 1 aliphatic rings. The minimum absolute atomic E-state index is 0.0241. The van der Waals surface area contributed by atoms with Gasteiger partial charge < -0.3 is 10.2 Å². The average Bonchev–Trinajstić information content (AvgIpc) is 3.29. The van der Waals surface area contributed by atoms with E-state index in [-0.39, 0.29) is 5.91 Å². The maximum atomic E-state index is 12.3. The van der Waals surface area contributed by atoms with Crippen LogP contribution < -0.4 is 10.2 Å². The number of aromatic nitrogens is 1. The van der Waals surface area contributed by atoms with Gasteiger partial charge in [-0.05, 0) is 41.2 Å². The lowest BCUT2D eigenvalue weighted by atomic mass is 10.0. The number of anilines is 1. The highest BCUT2D eigenvalue weighted by molar-refractivity contribution is 5.78. The molecule has 4 nitrogen and oxygen atoms in total. The normalized spacial score (nSPS) is 13.5. The first-order valence-corrected chi connectivity index (χ1v) is 9.89. The zero-order valence-corrected chi connectivity index (χ0v) is 16.0. The monoisotopic (exact) mass is 371 g/mol. The Balaban J connectivity index is 1.28. The van der Waals surface area contributed by atoms with Crippen molar-refractivity contribution in [2.75, 3.05) is 18.0 Å². The summed E-state index contributed by atoms with van der Waals surface area (Å²) in [6, 6.07) is 22.5. The lowest BCUT2D eigenvalue weighted by molar-refractivity contribution is -0.120. The first-order valence-electron chi connectivity index (χ1n) is 9.89. The molecule has 4 rings (SSSR count). The molecule has 0 spiro atoms. The predicted molar refractivity (Wildman–Crippen MR) is 113 cm³/mol. The smallest absolute Gasteiger partial charge is 0.224 e. The Hall–Kier alpha value is -3.14. The van der Waals surface area contributed by atoms with Crippen LogP contribution in [0.25, 0.3) is 11.1 Å². The molecular weight excluding hydrogens is 346 g/mol. The number of nitrogens with one attached hydrogen (secondary N) is 1. The third kappa shape index (κ3) is 4.58. The zero-order chi connectivity index (χ0) is 19.2. The van der Waals surface area contributed by atoms with Crippen molar-refractivity contribution in [3.63, 3.8) is 0 Å². The Morgan fingerprint density at radius 3 is 2.21 bits per heavy atom. The summed E-state index contributed by atoms with van der Waals surface area (Å²) in [5, 5.41) is 2.99. The van der Waals surface area contributed by atoms with Gasteiger partial charge in [0.1, 0.15) is 5.82 Å². The van der Waals surface area contributed by atoms with Crippen LogP contribution in [0.15, 0.2) is 72.9 Å². The molecule has 0 unspecified atom stereocenters. The van der Waals surface area contributed by atoms with Crippen molar-refractivity contribution >= 4 is 11.7 Å². The summed E-state index contributed by atoms with van der Waals surface area (Å²) in [6.07, 6.45) is 4.73. The minimum atomic E-state index is 0.0241. The molecule has 4 heteroatoms. The number of benzene rings is 2. The maximum Gasteiger partial charge on any atom is 0.224 e. The molecule has 1 aliphatic heterocycles. The molecule has 0 bridgehead atoms. The Morgan fingerprint density at radius 2 is 1.54 bits per heavy atom. The summed E-state index contributed by atoms with van der Waals surface area (Å²) in [4.78, 5) is 19.1. The highest BCUT2D eigenvalue weighted by Crippen LogP contribution is 2.20. The second-order valence-corrected chi connectivity index (χ2v) is 7.24. The Kier molecular flexibility index (Phi) is 5.66. The van der Waals surface area contributed by atoms with Crippen molar-refractivity contribution in [2.24, 2.45) is 0 Å². The van der Waals surface area contributed by atoms with Crippen LogP contribution in [0.3, 0.4) is 0 Å². The number of amides is 1. The lowest BCUT2D eigenvalue weighted by Crippen LogP contribution is -2.24. The van der Waals surface area contributed by atoms with E-state index in [0.29, 0.717) is 13.0 Å². The second-order valence-electron chi connectivity index (χ2n) is 7.24. The molecule has 28 heavy (non-hydrogen) atoms. The average molecular weight is 371 g/mol. The van der Waals surface area contributed by atoms with E-state index in [2.05, 4.69) is 51.6 Å². The number of carbonyl (C=O) groups excluding carboxylic acids is 1. The molecule has 2 heterocycles. The van der Waals surface area contributed by atoms with E-state index in [4.69, 9.17) is 0 Å². The molecule has 0 atom stereocenters. The molecule has 0 aliphatic carbocycles. The quantitative estimate of drug-likeness (QED) is 0.706. The van der Waals surface area contributed by atoms with E-state index in [9.17, 15) is 4.79 Å². The van der Waals surface area contributed by atoms with Crippen molar-refractivity contribution < 1.29 is 4.79 Å². The summed E-state index contributed by atoms with van der Waals surface area (Å²) in [6.45, 7) is 2.69. The van der Waals surface area contributed by atoms with Crippen molar-refractivity contribution in [1.82, 2.24) is 10.3 Å². The molecule has 1 amide bonds. The lowest BCUT2D eigenvalue weighted by Gasteiger charge is -2.16. The summed E-state index contributed by atoms with van der Waals surface area (Å²) < 4.78 is 0. The molecule has 3 aromatic rings. The first kappa shape index (κ1) is 18.2. The van der Waals surface area contributed by atoms with E-state index in [1.165, 1.54) is 18.4 Å². The number of pyridine rings is 1. The van der Waals surface area contributed by atoms with Crippen LogP contribution in [0.2, 0.25) is 0 Å². The van der Waals surface area contributed by atoms with Crippen LogP contribution in [-0.4, -0.2) is 24.0 Å². The third-order valence-corrected chi connectivity index (χ3v) is 5.15. The van der Waals surface area contributed by atoms with Gasteiger partial charge in [-0.15, -0.1) is 0 Å². The van der Waals surface area contributed by atoms with Gasteiger partial charge in [-0.3, -0.25) is 4.79 Å². The summed E-state index contributed by atoms with van der Waals surface area (Å²) >= 11 is 0. The highest BCUT2D eigenvalue weighted by Gasteiger charge is 2.13. The minimum Gasteiger partial charge on any atom is -0.357 e. The molecule has 1 aromatic heterocycles. The number of carbonyl (C=O) groups is 1. The van der Waals surface area contributed by atoms with Gasteiger partial charge in [0.2, 0.25) is 5.91 Å². The first-order chi connectivity index (χ1) is 13.8. The van der Waals surface area contributed by atoms with Crippen molar-refractivity contribution in [3.8, 4) is 11.1 Å². The number of hydrogen-bond acceptors (Lipinski definition) is 3. The fourth-order valence-corrected chi connectivity index (χ4v) is 3.55. The maximum absolute atomic E-state index is 12.3. The van der Waals surface area contributed by atoms with Crippen molar-refractivity contribution in [2.45, 2.75) is 25.8 Å². The number of rotatable bonds is 6. The van der Waals surface area contributed by atoms with Gasteiger partial charge >= 0.3 is 0 Å². The standard InChI is InChI=1S/C24H25N3O/c28-24(16-19-8-11-22(12-9-19)21-6-2-1-3-7-21)26-18-20-10-13-23(25-17-20)27-14-4-5-15-27/h1-3,6-13,17H,4-5,14-16,18H2,(H,26,28). The molecule has 0 radical (unpaired) electrons. The molecule has 1 fully saturated rings. The van der Waals surface area contributed by atoms with Crippen molar-refractivity contribution in [3.05, 3.63) is 84.1 Å². The summed E-state index contributed by atoms with van der Waals surface area (Å²) in [7, 11) is 0. The van der Waals surface area contributed by atoms with E-state index in [1.54, 1.807) is 0 Å². The Bertz CT molecular complexity index is 899.